The lowest BCUT2D eigenvalue weighted by atomic mass is 9.89. The van der Waals surface area contributed by atoms with Crippen LogP contribution in [0.5, 0.6) is 0 Å². The summed E-state index contributed by atoms with van der Waals surface area (Å²) in [5.41, 5.74) is 1.98. The largest absolute Gasteiger partial charge is 0.355 e. The Morgan fingerprint density at radius 3 is 2.61 bits per heavy atom. The zero-order valence-corrected chi connectivity index (χ0v) is 15.7. The number of guanidine groups is 1. The fourth-order valence-electron chi connectivity index (χ4n) is 3.26. The molecule has 0 spiro atoms. The van der Waals surface area contributed by atoms with Gasteiger partial charge in [0.1, 0.15) is 5.54 Å². The Hall–Kier alpha value is -3.66. The maximum Gasteiger partial charge on any atom is 0.259 e. The Morgan fingerprint density at radius 2 is 1.93 bits per heavy atom. The predicted molar refractivity (Wildman–Crippen MR) is 105 cm³/mol. The van der Waals surface area contributed by atoms with E-state index in [0.29, 0.717) is 5.56 Å². The van der Waals surface area contributed by atoms with E-state index in [9.17, 15) is 9.59 Å². The van der Waals surface area contributed by atoms with Crippen molar-refractivity contribution in [2.24, 2.45) is 0 Å². The SMILES string of the molecule is CC(=O)NCCN1C(=N)NC(C)(c2cccc(-c3cccc(C#N)c3)c2)C1=O. The third-order valence-electron chi connectivity index (χ3n) is 4.79. The van der Waals surface area contributed by atoms with Gasteiger partial charge < -0.3 is 10.6 Å². The van der Waals surface area contributed by atoms with Crippen molar-refractivity contribution in [3.63, 3.8) is 0 Å². The van der Waals surface area contributed by atoms with Crippen LogP contribution in [0.15, 0.2) is 48.5 Å². The monoisotopic (exact) mass is 375 g/mol. The van der Waals surface area contributed by atoms with Gasteiger partial charge in [-0.05, 0) is 41.8 Å². The summed E-state index contributed by atoms with van der Waals surface area (Å²) in [5, 5.41) is 22.9. The van der Waals surface area contributed by atoms with Gasteiger partial charge >= 0.3 is 0 Å². The number of rotatable bonds is 5. The Kier molecular flexibility index (Phi) is 5.14. The topological polar surface area (TPSA) is 109 Å². The van der Waals surface area contributed by atoms with Crippen LogP contribution in [0.4, 0.5) is 0 Å². The van der Waals surface area contributed by atoms with Crippen LogP contribution in [0.1, 0.15) is 25.0 Å². The number of benzene rings is 2. The molecule has 0 aromatic heterocycles. The first-order valence-electron chi connectivity index (χ1n) is 8.89. The summed E-state index contributed by atoms with van der Waals surface area (Å²) in [6, 6.07) is 16.9. The highest BCUT2D eigenvalue weighted by Crippen LogP contribution is 2.31. The summed E-state index contributed by atoms with van der Waals surface area (Å²) < 4.78 is 0. The van der Waals surface area contributed by atoms with Gasteiger partial charge in [-0.15, -0.1) is 0 Å². The first-order valence-corrected chi connectivity index (χ1v) is 8.89. The van der Waals surface area contributed by atoms with Gasteiger partial charge in [0.15, 0.2) is 5.96 Å². The molecule has 0 radical (unpaired) electrons. The van der Waals surface area contributed by atoms with Gasteiger partial charge in [-0.1, -0.05) is 30.3 Å². The molecule has 7 heteroatoms. The van der Waals surface area contributed by atoms with E-state index in [0.717, 1.165) is 16.7 Å². The Bertz CT molecular complexity index is 994. The first-order chi connectivity index (χ1) is 13.3. The van der Waals surface area contributed by atoms with Crippen LogP contribution in [-0.4, -0.2) is 35.8 Å². The van der Waals surface area contributed by atoms with Crippen molar-refractivity contribution < 1.29 is 9.59 Å². The molecule has 2 amide bonds. The molecule has 0 aliphatic carbocycles. The van der Waals surface area contributed by atoms with Crippen molar-refractivity contribution in [2.45, 2.75) is 19.4 Å². The fourth-order valence-corrected chi connectivity index (χ4v) is 3.26. The van der Waals surface area contributed by atoms with Gasteiger partial charge in [-0.3, -0.25) is 19.9 Å². The number of carbonyl (C=O) groups is 2. The minimum Gasteiger partial charge on any atom is -0.355 e. The highest BCUT2D eigenvalue weighted by Gasteiger charge is 2.47. The summed E-state index contributed by atoms with van der Waals surface area (Å²) >= 11 is 0. The third-order valence-corrected chi connectivity index (χ3v) is 4.79. The molecule has 2 aromatic carbocycles. The van der Waals surface area contributed by atoms with E-state index in [1.807, 2.05) is 36.4 Å². The molecular weight excluding hydrogens is 354 g/mol. The number of hydrogen-bond acceptors (Lipinski definition) is 4. The molecule has 28 heavy (non-hydrogen) atoms. The molecule has 0 saturated carbocycles. The fraction of sp³-hybridized carbons (Fsp3) is 0.238. The molecule has 1 aliphatic rings. The van der Waals surface area contributed by atoms with E-state index in [2.05, 4.69) is 16.7 Å². The average Bonchev–Trinajstić information content (AvgIpc) is 2.92. The molecule has 142 valence electrons. The van der Waals surface area contributed by atoms with Gasteiger partial charge in [0, 0.05) is 20.0 Å². The third kappa shape index (κ3) is 3.58. The van der Waals surface area contributed by atoms with E-state index < -0.39 is 5.54 Å². The van der Waals surface area contributed by atoms with Gasteiger partial charge in [-0.25, -0.2) is 0 Å². The van der Waals surface area contributed by atoms with E-state index >= 15 is 0 Å². The van der Waals surface area contributed by atoms with E-state index in [1.165, 1.54) is 11.8 Å². The molecule has 7 nitrogen and oxygen atoms in total. The summed E-state index contributed by atoms with van der Waals surface area (Å²) in [5.74, 6) is -0.415. The normalized spacial score (nSPS) is 18.5. The second-order valence-electron chi connectivity index (χ2n) is 6.81. The second kappa shape index (κ2) is 7.53. The Balaban J connectivity index is 1.88. The van der Waals surface area contributed by atoms with Crippen molar-refractivity contribution in [3.8, 4) is 17.2 Å². The lowest BCUT2D eigenvalue weighted by Crippen LogP contribution is -2.42. The number of nitriles is 1. The Labute approximate surface area is 163 Å². The zero-order valence-electron chi connectivity index (χ0n) is 15.7. The summed E-state index contributed by atoms with van der Waals surface area (Å²) in [7, 11) is 0. The second-order valence-corrected chi connectivity index (χ2v) is 6.81. The van der Waals surface area contributed by atoms with Crippen molar-refractivity contribution in [3.05, 3.63) is 59.7 Å². The standard InChI is InChI=1S/C21H21N5O2/c1-14(27)24-9-10-26-19(28)21(2,25-20(26)23)18-8-4-7-17(12-18)16-6-3-5-15(11-16)13-22/h3-8,11-12H,9-10H2,1-2H3,(H2,23,25)(H,24,27). The van der Waals surface area contributed by atoms with E-state index in [-0.39, 0.29) is 30.9 Å². The van der Waals surface area contributed by atoms with Crippen molar-refractivity contribution >= 4 is 17.8 Å². The maximum atomic E-state index is 13.0. The zero-order chi connectivity index (χ0) is 20.3. The maximum absolute atomic E-state index is 13.0. The quantitative estimate of drug-likeness (QED) is 0.742. The van der Waals surface area contributed by atoms with Gasteiger partial charge in [0.05, 0.1) is 11.6 Å². The van der Waals surface area contributed by atoms with Crippen molar-refractivity contribution in [1.29, 1.82) is 10.7 Å². The van der Waals surface area contributed by atoms with Crippen LogP contribution < -0.4 is 10.6 Å². The lowest BCUT2D eigenvalue weighted by Gasteiger charge is -2.23. The molecule has 3 rings (SSSR count). The molecule has 1 aliphatic heterocycles. The number of hydrogen-bond donors (Lipinski definition) is 3. The molecule has 1 fully saturated rings. The molecule has 1 atom stereocenters. The molecule has 1 unspecified atom stereocenters. The average molecular weight is 375 g/mol. The molecule has 1 heterocycles. The van der Waals surface area contributed by atoms with Crippen molar-refractivity contribution in [2.75, 3.05) is 13.1 Å². The van der Waals surface area contributed by atoms with Crippen LogP contribution in [0.2, 0.25) is 0 Å². The van der Waals surface area contributed by atoms with Gasteiger partial charge in [-0.2, -0.15) is 5.26 Å². The minimum atomic E-state index is -1.07. The molecular formula is C21H21N5O2. The number of nitrogens with one attached hydrogen (secondary N) is 3. The summed E-state index contributed by atoms with van der Waals surface area (Å²) in [6.45, 7) is 3.66. The van der Waals surface area contributed by atoms with Gasteiger partial charge in [0.25, 0.3) is 5.91 Å². The van der Waals surface area contributed by atoms with Crippen LogP contribution in [0.3, 0.4) is 0 Å². The number of carbonyl (C=O) groups excluding carboxylic acids is 2. The van der Waals surface area contributed by atoms with Crippen LogP contribution in [0, 0.1) is 16.7 Å². The van der Waals surface area contributed by atoms with Crippen LogP contribution in [-0.2, 0) is 15.1 Å². The summed E-state index contributed by atoms with van der Waals surface area (Å²) in [6.07, 6.45) is 0. The number of nitrogens with zero attached hydrogens (tertiary/aromatic N) is 2. The number of amides is 2. The Morgan fingerprint density at radius 1 is 1.25 bits per heavy atom. The molecule has 2 aromatic rings. The predicted octanol–water partition coefficient (Wildman–Crippen LogP) is 1.94. The van der Waals surface area contributed by atoms with Crippen LogP contribution >= 0.6 is 0 Å². The van der Waals surface area contributed by atoms with Gasteiger partial charge in [0.2, 0.25) is 5.91 Å². The first kappa shape index (κ1) is 19.1. The molecule has 3 N–H and O–H groups in total. The minimum absolute atomic E-state index is 0.00901. The van der Waals surface area contributed by atoms with E-state index in [4.69, 9.17) is 10.7 Å². The molecule has 0 bridgehead atoms. The van der Waals surface area contributed by atoms with Crippen LogP contribution in [0.25, 0.3) is 11.1 Å². The molecule has 1 saturated heterocycles. The summed E-state index contributed by atoms with van der Waals surface area (Å²) in [4.78, 5) is 25.4. The smallest absolute Gasteiger partial charge is 0.259 e. The van der Waals surface area contributed by atoms with Crippen molar-refractivity contribution in [1.82, 2.24) is 15.5 Å². The lowest BCUT2D eigenvalue weighted by molar-refractivity contribution is -0.131. The highest BCUT2D eigenvalue weighted by atomic mass is 16.2. The van der Waals surface area contributed by atoms with E-state index in [1.54, 1.807) is 19.1 Å². The highest BCUT2D eigenvalue weighted by molar-refractivity contribution is 6.08.